The van der Waals surface area contributed by atoms with Gasteiger partial charge in [0.15, 0.2) is 0 Å². The molecule has 8 heteroatoms. The number of carbonyl (C=O) groups is 2. The number of furan rings is 1. The fourth-order valence-electron chi connectivity index (χ4n) is 2.58. The van der Waals surface area contributed by atoms with Gasteiger partial charge in [0.25, 0.3) is 5.91 Å². The molecular formula is C21H18N2O6. The standard InChI is InChI=1S/C21H18N2O6/c1-27-15-6-8-17(19(11-15)28-2)20(24)23-22-12-16-7-9-18(29-16)13-4-3-5-14(10-13)21(25)26/h3-12H,1-2H3,(H,23,24)(H,25,26). The van der Waals surface area contributed by atoms with E-state index in [0.717, 1.165) is 0 Å². The van der Waals surface area contributed by atoms with Gasteiger partial charge in [0, 0.05) is 11.6 Å². The van der Waals surface area contributed by atoms with Crippen LogP contribution in [0.25, 0.3) is 11.3 Å². The number of hydrogen-bond acceptors (Lipinski definition) is 6. The van der Waals surface area contributed by atoms with Crippen LogP contribution in [0.15, 0.2) is 64.1 Å². The van der Waals surface area contributed by atoms with Crippen LogP contribution in [0.3, 0.4) is 0 Å². The third kappa shape index (κ3) is 4.62. The smallest absolute Gasteiger partial charge is 0.335 e. The van der Waals surface area contributed by atoms with Crippen molar-refractivity contribution in [1.82, 2.24) is 5.43 Å². The predicted octanol–water partition coefficient (Wildman–Crippen LogP) is 3.43. The maximum absolute atomic E-state index is 12.3. The van der Waals surface area contributed by atoms with Crippen molar-refractivity contribution in [1.29, 1.82) is 0 Å². The van der Waals surface area contributed by atoms with Crippen LogP contribution in [0.2, 0.25) is 0 Å². The number of carbonyl (C=O) groups excluding carboxylic acids is 1. The highest BCUT2D eigenvalue weighted by molar-refractivity contribution is 5.97. The van der Waals surface area contributed by atoms with Gasteiger partial charge in [0.1, 0.15) is 23.0 Å². The van der Waals surface area contributed by atoms with E-state index in [1.165, 1.54) is 32.6 Å². The van der Waals surface area contributed by atoms with E-state index in [-0.39, 0.29) is 5.56 Å². The van der Waals surface area contributed by atoms with E-state index in [1.807, 2.05) is 0 Å². The molecule has 2 N–H and O–H groups in total. The average Bonchev–Trinajstić information content (AvgIpc) is 3.22. The molecule has 8 nitrogen and oxygen atoms in total. The molecule has 0 aliphatic carbocycles. The zero-order valence-electron chi connectivity index (χ0n) is 15.7. The van der Waals surface area contributed by atoms with Crippen LogP contribution in [-0.2, 0) is 0 Å². The molecule has 0 fully saturated rings. The lowest BCUT2D eigenvalue weighted by Crippen LogP contribution is -2.18. The molecule has 0 aliphatic rings. The molecule has 29 heavy (non-hydrogen) atoms. The van der Waals surface area contributed by atoms with E-state index in [9.17, 15) is 9.59 Å². The van der Waals surface area contributed by atoms with Crippen molar-refractivity contribution in [3.8, 4) is 22.8 Å². The van der Waals surface area contributed by atoms with Gasteiger partial charge in [-0.15, -0.1) is 0 Å². The zero-order chi connectivity index (χ0) is 20.8. The number of ether oxygens (including phenoxy) is 2. The van der Waals surface area contributed by atoms with Gasteiger partial charge in [0.05, 0.1) is 31.6 Å². The fourth-order valence-corrected chi connectivity index (χ4v) is 2.58. The number of aromatic carboxylic acids is 1. The Morgan fingerprint density at radius 3 is 2.62 bits per heavy atom. The maximum atomic E-state index is 12.3. The zero-order valence-corrected chi connectivity index (χ0v) is 15.7. The summed E-state index contributed by atoms with van der Waals surface area (Å²) in [5.74, 6) is 0.326. The molecule has 0 radical (unpaired) electrons. The van der Waals surface area contributed by atoms with Crippen LogP contribution >= 0.6 is 0 Å². The Morgan fingerprint density at radius 1 is 1.07 bits per heavy atom. The number of carboxylic acid groups (broad SMARTS) is 1. The summed E-state index contributed by atoms with van der Waals surface area (Å²) in [6.45, 7) is 0. The second-order valence-electron chi connectivity index (χ2n) is 5.85. The second-order valence-corrected chi connectivity index (χ2v) is 5.85. The number of amides is 1. The van der Waals surface area contributed by atoms with Crippen LogP contribution in [0.1, 0.15) is 26.5 Å². The van der Waals surface area contributed by atoms with Gasteiger partial charge in [-0.05, 0) is 36.4 Å². The molecule has 0 atom stereocenters. The summed E-state index contributed by atoms with van der Waals surface area (Å²) in [4.78, 5) is 23.4. The predicted molar refractivity (Wildman–Crippen MR) is 106 cm³/mol. The van der Waals surface area contributed by atoms with Crippen molar-refractivity contribution in [2.45, 2.75) is 0 Å². The molecular weight excluding hydrogens is 376 g/mol. The minimum atomic E-state index is -1.02. The molecule has 1 aromatic heterocycles. The first-order chi connectivity index (χ1) is 14.0. The third-order valence-electron chi connectivity index (χ3n) is 4.03. The van der Waals surface area contributed by atoms with E-state index in [1.54, 1.807) is 42.5 Å². The molecule has 1 heterocycles. The number of nitrogens with zero attached hydrogens (tertiary/aromatic N) is 1. The molecule has 0 saturated carbocycles. The number of hydrazone groups is 1. The first-order valence-electron chi connectivity index (χ1n) is 8.51. The number of carboxylic acids is 1. The van der Waals surface area contributed by atoms with Crippen LogP contribution in [0.4, 0.5) is 0 Å². The Bertz CT molecular complexity index is 1070. The Hall–Kier alpha value is -4.07. The summed E-state index contributed by atoms with van der Waals surface area (Å²) in [7, 11) is 2.98. The number of nitrogens with one attached hydrogen (secondary N) is 1. The number of methoxy groups -OCH3 is 2. The van der Waals surface area contributed by atoms with Crippen molar-refractivity contribution in [3.05, 3.63) is 71.5 Å². The monoisotopic (exact) mass is 394 g/mol. The summed E-state index contributed by atoms with van der Waals surface area (Å²) < 4.78 is 15.9. The van der Waals surface area contributed by atoms with Gasteiger partial charge < -0.3 is 19.0 Å². The van der Waals surface area contributed by atoms with Crippen molar-refractivity contribution in [2.24, 2.45) is 5.10 Å². The number of hydrogen-bond donors (Lipinski definition) is 2. The van der Waals surface area contributed by atoms with Gasteiger partial charge in [0.2, 0.25) is 0 Å². The second kappa shape index (κ2) is 8.75. The Morgan fingerprint density at radius 2 is 1.90 bits per heavy atom. The van der Waals surface area contributed by atoms with Crippen molar-refractivity contribution < 1.29 is 28.6 Å². The summed E-state index contributed by atoms with van der Waals surface area (Å²) in [5, 5.41) is 13.0. The van der Waals surface area contributed by atoms with Gasteiger partial charge in [-0.25, -0.2) is 10.2 Å². The minimum Gasteiger partial charge on any atom is -0.497 e. The Labute approximate surface area is 166 Å². The van der Waals surface area contributed by atoms with Crippen LogP contribution < -0.4 is 14.9 Å². The molecule has 0 unspecified atom stereocenters. The Kier molecular flexibility index (Phi) is 5.94. The fraction of sp³-hybridized carbons (Fsp3) is 0.0952. The molecule has 3 rings (SSSR count). The SMILES string of the molecule is COc1ccc(C(=O)NN=Cc2ccc(-c3cccc(C(=O)O)c3)o2)c(OC)c1. The van der Waals surface area contributed by atoms with E-state index in [4.69, 9.17) is 19.0 Å². The van der Waals surface area contributed by atoms with Gasteiger partial charge in [-0.1, -0.05) is 12.1 Å². The average molecular weight is 394 g/mol. The van der Waals surface area contributed by atoms with Crippen molar-refractivity contribution in [2.75, 3.05) is 14.2 Å². The van der Waals surface area contributed by atoms with Crippen molar-refractivity contribution >= 4 is 18.1 Å². The molecule has 3 aromatic rings. The minimum absolute atomic E-state index is 0.162. The largest absolute Gasteiger partial charge is 0.497 e. The van der Waals surface area contributed by atoms with Gasteiger partial charge in [-0.3, -0.25) is 4.79 Å². The molecule has 148 valence electrons. The van der Waals surface area contributed by atoms with E-state index in [0.29, 0.717) is 34.1 Å². The molecule has 0 spiro atoms. The number of benzene rings is 2. The Balaban J connectivity index is 1.70. The van der Waals surface area contributed by atoms with Crippen LogP contribution in [0, 0.1) is 0 Å². The lowest BCUT2D eigenvalue weighted by atomic mass is 10.1. The summed E-state index contributed by atoms with van der Waals surface area (Å²) in [5.41, 5.74) is 3.49. The highest BCUT2D eigenvalue weighted by atomic mass is 16.5. The highest BCUT2D eigenvalue weighted by Crippen LogP contribution is 2.25. The van der Waals surface area contributed by atoms with E-state index >= 15 is 0 Å². The lowest BCUT2D eigenvalue weighted by molar-refractivity contribution is 0.0696. The van der Waals surface area contributed by atoms with Crippen molar-refractivity contribution in [3.63, 3.8) is 0 Å². The normalized spacial score (nSPS) is 10.7. The first kappa shape index (κ1) is 19.7. The summed E-state index contributed by atoms with van der Waals surface area (Å²) in [6, 6.07) is 14.6. The van der Waals surface area contributed by atoms with Gasteiger partial charge >= 0.3 is 5.97 Å². The van der Waals surface area contributed by atoms with Crippen LogP contribution in [-0.4, -0.2) is 37.4 Å². The first-order valence-corrected chi connectivity index (χ1v) is 8.51. The molecule has 2 aromatic carbocycles. The third-order valence-corrected chi connectivity index (χ3v) is 4.03. The van der Waals surface area contributed by atoms with Crippen LogP contribution in [0.5, 0.6) is 11.5 Å². The molecule has 0 aliphatic heterocycles. The molecule has 0 bridgehead atoms. The molecule has 1 amide bonds. The molecule has 0 saturated heterocycles. The summed E-state index contributed by atoms with van der Waals surface area (Å²) in [6.07, 6.45) is 1.35. The highest BCUT2D eigenvalue weighted by Gasteiger charge is 2.13. The number of rotatable bonds is 7. The summed E-state index contributed by atoms with van der Waals surface area (Å²) >= 11 is 0. The maximum Gasteiger partial charge on any atom is 0.335 e. The van der Waals surface area contributed by atoms with E-state index in [2.05, 4.69) is 10.5 Å². The topological polar surface area (TPSA) is 110 Å². The van der Waals surface area contributed by atoms with Gasteiger partial charge in [-0.2, -0.15) is 5.10 Å². The lowest BCUT2D eigenvalue weighted by Gasteiger charge is -2.08. The quantitative estimate of drug-likeness (QED) is 0.469. The van der Waals surface area contributed by atoms with E-state index < -0.39 is 11.9 Å².